The van der Waals surface area contributed by atoms with E-state index in [9.17, 15) is 14.7 Å². The van der Waals surface area contributed by atoms with Gasteiger partial charge in [0.1, 0.15) is 0 Å². The molecule has 2 N–H and O–H groups in total. The van der Waals surface area contributed by atoms with Gasteiger partial charge in [0.2, 0.25) is 0 Å². The summed E-state index contributed by atoms with van der Waals surface area (Å²) in [6, 6.07) is 12.9. The zero-order valence-corrected chi connectivity index (χ0v) is 15.2. The first kappa shape index (κ1) is 19.3. The number of nitrogens with zero attached hydrogens (tertiary/aromatic N) is 3. The van der Waals surface area contributed by atoms with Crippen molar-refractivity contribution in [2.45, 2.75) is 19.2 Å². The highest BCUT2D eigenvalue weighted by atomic mass is 16.4. The maximum atomic E-state index is 11.9. The first-order chi connectivity index (χ1) is 13.0. The van der Waals surface area contributed by atoms with Crippen molar-refractivity contribution in [1.82, 2.24) is 14.4 Å². The minimum atomic E-state index is -1.09. The minimum absolute atomic E-state index is 0.0383. The summed E-state index contributed by atoms with van der Waals surface area (Å²) in [7, 11) is 0. The van der Waals surface area contributed by atoms with Crippen LogP contribution < -0.4 is 5.56 Å². The number of aromatic nitrogens is 1. The van der Waals surface area contributed by atoms with Crippen LogP contribution >= 0.6 is 0 Å². The van der Waals surface area contributed by atoms with Gasteiger partial charge >= 0.3 is 5.97 Å². The van der Waals surface area contributed by atoms with Gasteiger partial charge in [0.25, 0.3) is 5.56 Å². The van der Waals surface area contributed by atoms with E-state index >= 15 is 0 Å². The van der Waals surface area contributed by atoms with Crippen LogP contribution in [0.5, 0.6) is 0 Å². The summed E-state index contributed by atoms with van der Waals surface area (Å²) < 4.78 is 1.26. The molecule has 7 heteroatoms. The smallest absolute Gasteiger partial charge is 0.337 e. The van der Waals surface area contributed by atoms with Crippen molar-refractivity contribution in [1.29, 1.82) is 0 Å². The Kier molecular flexibility index (Phi) is 6.39. The third kappa shape index (κ3) is 5.50. The predicted molar refractivity (Wildman–Crippen MR) is 102 cm³/mol. The zero-order valence-electron chi connectivity index (χ0n) is 15.2. The number of carbonyl (C=O) groups is 1. The summed E-state index contributed by atoms with van der Waals surface area (Å²) in [5.74, 6) is -1.09. The maximum absolute atomic E-state index is 11.9. The minimum Gasteiger partial charge on any atom is -0.478 e. The zero-order chi connectivity index (χ0) is 19.2. The molecule has 3 rings (SSSR count). The molecular formula is C20H25N3O4. The second-order valence-electron chi connectivity index (χ2n) is 6.93. The Bertz CT molecular complexity index is 813. The van der Waals surface area contributed by atoms with Gasteiger partial charge in [-0.1, -0.05) is 30.3 Å². The number of rotatable bonds is 7. The number of aliphatic hydroxyl groups excluding tert-OH is 1. The first-order valence-electron chi connectivity index (χ1n) is 9.12. The number of benzene rings is 1. The third-order valence-electron chi connectivity index (χ3n) is 4.82. The van der Waals surface area contributed by atoms with Crippen molar-refractivity contribution >= 4 is 5.97 Å². The van der Waals surface area contributed by atoms with E-state index < -0.39 is 12.1 Å². The lowest BCUT2D eigenvalue weighted by atomic mass is 10.2. The van der Waals surface area contributed by atoms with Gasteiger partial charge in [-0.3, -0.25) is 14.6 Å². The number of carboxylic acids is 1. The Morgan fingerprint density at radius 1 is 0.963 bits per heavy atom. The van der Waals surface area contributed by atoms with Crippen LogP contribution in [-0.2, 0) is 13.1 Å². The number of piperazine rings is 1. The van der Waals surface area contributed by atoms with Gasteiger partial charge in [0, 0.05) is 51.5 Å². The third-order valence-corrected chi connectivity index (χ3v) is 4.82. The highest BCUT2D eigenvalue weighted by Gasteiger charge is 2.20. The summed E-state index contributed by atoms with van der Waals surface area (Å²) in [4.78, 5) is 27.5. The van der Waals surface area contributed by atoms with E-state index in [1.807, 2.05) is 18.2 Å². The molecule has 1 aromatic carbocycles. The second kappa shape index (κ2) is 8.94. The van der Waals surface area contributed by atoms with Crippen molar-refractivity contribution in [3.05, 3.63) is 70.1 Å². The fraction of sp³-hybridized carbons (Fsp3) is 0.400. The quantitative estimate of drug-likeness (QED) is 0.746. The number of hydrogen-bond donors (Lipinski definition) is 2. The van der Waals surface area contributed by atoms with E-state index in [0.29, 0.717) is 6.54 Å². The lowest BCUT2D eigenvalue weighted by Gasteiger charge is -2.35. The molecule has 1 fully saturated rings. The molecule has 1 saturated heterocycles. The highest BCUT2D eigenvalue weighted by molar-refractivity contribution is 5.87. The van der Waals surface area contributed by atoms with Gasteiger partial charge in [-0.05, 0) is 11.6 Å². The molecule has 27 heavy (non-hydrogen) atoms. The van der Waals surface area contributed by atoms with E-state index in [-0.39, 0.29) is 17.7 Å². The first-order valence-corrected chi connectivity index (χ1v) is 9.12. The van der Waals surface area contributed by atoms with E-state index in [2.05, 4.69) is 21.9 Å². The van der Waals surface area contributed by atoms with Crippen molar-refractivity contribution in [3.63, 3.8) is 0 Å². The molecule has 1 aliphatic heterocycles. The lowest BCUT2D eigenvalue weighted by Crippen LogP contribution is -2.48. The van der Waals surface area contributed by atoms with Crippen LogP contribution in [0.2, 0.25) is 0 Å². The molecule has 0 amide bonds. The molecule has 1 atom stereocenters. The molecule has 144 valence electrons. The Balaban J connectivity index is 1.48. The van der Waals surface area contributed by atoms with Crippen molar-refractivity contribution in [2.24, 2.45) is 0 Å². The summed E-state index contributed by atoms with van der Waals surface area (Å²) in [6.45, 7) is 5.04. The van der Waals surface area contributed by atoms with Crippen molar-refractivity contribution in [3.8, 4) is 0 Å². The average molecular weight is 371 g/mol. The Hall–Kier alpha value is -2.48. The summed E-state index contributed by atoms with van der Waals surface area (Å²) in [5, 5.41) is 19.4. The molecule has 0 unspecified atom stereocenters. The molecule has 1 aromatic heterocycles. The molecule has 0 saturated carbocycles. The Morgan fingerprint density at radius 2 is 1.63 bits per heavy atom. The monoisotopic (exact) mass is 371 g/mol. The molecule has 0 radical (unpaired) electrons. The van der Waals surface area contributed by atoms with E-state index in [0.717, 1.165) is 32.7 Å². The van der Waals surface area contributed by atoms with Crippen LogP contribution in [0.25, 0.3) is 0 Å². The maximum Gasteiger partial charge on any atom is 0.337 e. The number of β-amino-alcohol motifs (C(OH)–C–C–N with tert-alkyl or cyclic N) is 1. The standard InChI is InChI=1S/C20H25N3O4/c24-18(15-23-13-17(20(26)27)6-7-19(23)25)14-22-10-8-21(9-11-22)12-16-4-2-1-3-5-16/h1-7,13,18,24H,8-12,14-15H2,(H,26,27)/t18-/m0/s1. The molecule has 2 heterocycles. The van der Waals surface area contributed by atoms with Crippen LogP contribution in [-0.4, -0.2) is 69.4 Å². The largest absolute Gasteiger partial charge is 0.478 e. The van der Waals surface area contributed by atoms with E-state index in [1.165, 1.54) is 28.5 Å². The van der Waals surface area contributed by atoms with E-state index in [4.69, 9.17) is 5.11 Å². The highest BCUT2D eigenvalue weighted by Crippen LogP contribution is 2.09. The van der Waals surface area contributed by atoms with E-state index in [1.54, 1.807) is 0 Å². The molecule has 1 aliphatic rings. The lowest BCUT2D eigenvalue weighted by molar-refractivity contribution is 0.0612. The van der Waals surface area contributed by atoms with Crippen LogP contribution in [0.15, 0.2) is 53.5 Å². The average Bonchev–Trinajstić information content (AvgIpc) is 2.66. The second-order valence-corrected chi connectivity index (χ2v) is 6.93. The fourth-order valence-electron chi connectivity index (χ4n) is 3.35. The van der Waals surface area contributed by atoms with Crippen LogP contribution in [0.3, 0.4) is 0 Å². The van der Waals surface area contributed by atoms with Crippen LogP contribution in [0.1, 0.15) is 15.9 Å². The number of aliphatic hydroxyl groups is 1. The SMILES string of the molecule is O=C(O)c1ccc(=O)n(C[C@@H](O)CN2CCN(Cc3ccccc3)CC2)c1. The van der Waals surface area contributed by atoms with Gasteiger partial charge in [-0.15, -0.1) is 0 Å². The number of pyridine rings is 1. The van der Waals surface area contributed by atoms with Crippen LogP contribution in [0.4, 0.5) is 0 Å². The molecular weight excluding hydrogens is 346 g/mol. The van der Waals surface area contributed by atoms with Crippen molar-refractivity contribution in [2.75, 3.05) is 32.7 Å². The number of aromatic carboxylic acids is 1. The number of hydrogen-bond acceptors (Lipinski definition) is 5. The molecule has 0 aliphatic carbocycles. The Morgan fingerprint density at radius 3 is 2.30 bits per heavy atom. The van der Waals surface area contributed by atoms with Crippen molar-refractivity contribution < 1.29 is 15.0 Å². The van der Waals surface area contributed by atoms with Gasteiger partial charge in [-0.25, -0.2) is 4.79 Å². The topological polar surface area (TPSA) is 86.0 Å². The van der Waals surface area contributed by atoms with Gasteiger partial charge in [-0.2, -0.15) is 0 Å². The van der Waals surface area contributed by atoms with Crippen LogP contribution in [0, 0.1) is 0 Å². The predicted octanol–water partition coefficient (Wildman–Crippen LogP) is 0.725. The molecule has 0 spiro atoms. The molecule has 0 bridgehead atoms. The van der Waals surface area contributed by atoms with Gasteiger partial charge < -0.3 is 14.8 Å². The summed E-state index contributed by atoms with van der Waals surface area (Å²) in [5.41, 5.74) is 1.02. The number of carboxylic acid groups (broad SMARTS) is 1. The summed E-state index contributed by atoms with van der Waals surface area (Å²) in [6.07, 6.45) is 0.554. The molecule has 2 aromatic rings. The van der Waals surface area contributed by atoms with Gasteiger partial charge in [0.05, 0.1) is 18.2 Å². The molecule has 7 nitrogen and oxygen atoms in total. The fourth-order valence-corrected chi connectivity index (χ4v) is 3.35. The normalized spacial score (nSPS) is 16.9. The Labute approximate surface area is 158 Å². The summed E-state index contributed by atoms with van der Waals surface area (Å²) >= 11 is 0. The van der Waals surface area contributed by atoms with Gasteiger partial charge in [0.15, 0.2) is 0 Å².